The average molecular weight is 309 g/mol. The van der Waals surface area contributed by atoms with Gasteiger partial charge in [0.1, 0.15) is 0 Å². The van der Waals surface area contributed by atoms with Crippen molar-refractivity contribution in [2.75, 3.05) is 26.2 Å². The van der Waals surface area contributed by atoms with Gasteiger partial charge in [-0.1, -0.05) is 24.3 Å². The lowest BCUT2D eigenvalue weighted by Crippen LogP contribution is -2.49. The Morgan fingerprint density at radius 1 is 1.05 bits per heavy atom. The molecule has 1 aromatic carbocycles. The molecule has 0 atom stereocenters. The molecule has 2 aliphatic heterocycles. The van der Waals surface area contributed by atoms with E-state index in [2.05, 4.69) is 6.07 Å². The predicted octanol–water partition coefficient (Wildman–Crippen LogP) is 0.960. The molecule has 0 radical (unpaired) electrons. The molecule has 0 saturated carbocycles. The Labute approximate surface area is 126 Å². The fraction of sp³-hybridized carbons (Fsp3) is 0.600. The van der Waals surface area contributed by atoms with Gasteiger partial charge in [-0.2, -0.15) is 17.0 Å². The lowest BCUT2D eigenvalue weighted by Gasteiger charge is -2.36. The highest BCUT2D eigenvalue weighted by Gasteiger charge is 2.34. The van der Waals surface area contributed by atoms with E-state index >= 15 is 0 Å². The predicted molar refractivity (Wildman–Crippen MR) is 82.8 cm³/mol. The summed E-state index contributed by atoms with van der Waals surface area (Å²) in [7, 11) is -3.33. The molecule has 21 heavy (non-hydrogen) atoms. The molecule has 0 aliphatic carbocycles. The minimum Gasteiger partial charge on any atom is -0.330 e. The fourth-order valence-corrected chi connectivity index (χ4v) is 4.83. The summed E-state index contributed by atoms with van der Waals surface area (Å²) in [6.07, 6.45) is 2.55. The van der Waals surface area contributed by atoms with Gasteiger partial charge in [-0.25, -0.2) is 0 Å². The molecule has 3 rings (SSSR count). The van der Waals surface area contributed by atoms with Crippen molar-refractivity contribution in [3.05, 3.63) is 35.4 Å². The molecule has 0 unspecified atom stereocenters. The van der Waals surface area contributed by atoms with E-state index in [-0.39, 0.29) is 0 Å². The summed E-state index contributed by atoms with van der Waals surface area (Å²) in [6.45, 7) is 2.93. The first-order chi connectivity index (χ1) is 10.1. The van der Waals surface area contributed by atoms with E-state index in [0.717, 1.165) is 24.8 Å². The summed E-state index contributed by atoms with van der Waals surface area (Å²) in [4.78, 5) is 0. The lowest BCUT2D eigenvalue weighted by molar-refractivity contribution is 0.253. The van der Waals surface area contributed by atoms with Crippen LogP contribution in [0.3, 0.4) is 0 Å². The van der Waals surface area contributed by atoms with Crippen LogP contribution in [-0.2, 0) is 23.2 Å². The average Bonchev–Trinajstić information content (AvgIpc) is 2.54. The van der Waals surface area contributed by atoms with Crippen LogP contribution in [0.4, 0.5) is 0 Å². The molecule has 2 aliphatic rings. The van der Waals surface area contributed by atoms with Crippen LogP contribution >= 0.6 is 0 Å². The van der Waals surface area contributed by atoms with Crippen LogP contribution in [0.15, 0.2) is 24.3 Å². The van der Waals surface area contributed by atoms with Crippen LogP contribution in [0, 0.1) is 5.92 Å². The molecule has 0 spiro atoms. The van der Waals surface area contributed by atoms with E-state index in [9.17, 15) is 8.42 Å². The van der Waals surface area contributed by atoms with Crippen molar-refractivity contribution in [3.63, 3.8) is 0 Å². The van der Waals surface area contributed by atoms with Gasteiger partial charge in [0, 0.05) is 26.2 Å². The number of nitrogens with two attached hydrogens (primary N) is 1. The summed E-state index contributed by atoms with van der Waals surface area (Å²) < 4.78 is 28.8. The fourth-order valence-electron chi connectivity index (χ4n) is 3.21. The second-order valence-corrected chi connectivity index (χ2v) is 7.87. The number of rotatable bonds is 3. The third kappa shape index (κ3) is 2.99. The van der Waals surface area contributed by atoms with Crippen molar-refractivity contribution in [2.45, 2.75) is 25.8 Å². The van der Waals surface area contributed by atoms with Gasteiger partial charge in [-0.15, -0.1) is 0 Å². The Bertz CT molecular complexity index is 595. The topological polar surface area (TPSA) is 66.6 Å². The molecule has 0 bridgehead atoms. The summed E-state index contributed by atoms with van der Waals surface area (Å²) in [5.41, 5.74) is 8.07. The maximum Gasteiger partial charge on any atom is 0.282 e. The van der Waals surface area contributed by atoms with Crippen molar-refractivity contribution in [1.82, 2.24) is 8.61 Å². The molecule has 0 amide bonds. The Balaban J connectivity index is 1.72. The van der Waals surface area contributed by atoms with Gasteiger partial charge in [0.25, 0.3) is 10.2 Å². The standard InChI is InChI=1S/C15H23N3O2S/c16-11-13-5-8-17(9-6-13)21(19,20)18-10-7-14-3-1-2-4-15(14)12-18/h1-4,13H,5-12,16H2. The van der Waals surface area contributed by atoms with Crippen molar-refractivity contribution in [1.29, 1.82) is 0 Å². The number of piperidine rings is 1. The largest absolute Gasteiger partial charge is 0.330 e. The highest BCUT2D eigenvalue weighted by molar-refractivity contribution is 7.86. The van der Waals surface area contributed by atoms with E-state index in [4.69, 9.17) is 5.73 Å². The van der Waals surface area contributed by atoms with Crippen LogP contribution < -0.4 is 5.73 Å². The SMILES string of the molecule is NCC1CCN(S(=O)(=O)N2CCc3ccccc3C2)CC1. The smallest absolute Gasteiger partial charge is 0.282 e. The molecule has 2 N–H and O–H groups in total. The monoisotopic (exact) mass is 309 g/mol. The summed E-state index contributed by atoms with van der Waals surface area (Å²) in [5, 5.41) is 0. The second kappa shape index (κ2) is 6.04. The third-order valence-electron chi connectivity index (χ3n) is 4.66. The number of benzene rings is 1. The zero-order chi connectivity index (χ0) is 14.9. The van der Waals surface area contributed by atoms with Crippen LogP contribution in [0.25, 0.3) is 0 Å². The molecule has 1 aromatic rings. The van der Waals surface area contributed by atoms with Crippen molar-refractivity contribution >= 4 is 10.2 Å². The highest BCUT2D eigenvalue weighted by atomic mass is 32.2. The maximum absolute atomic E-state index is 12.8. The van der Waals surface area contributed by atoms with Crippen LogP contribution in [-0.4, -0.2) is 43.2 Å². The summed E-state index contributed by atoms with van der Waals surface area (Å²) in [5.74, 6) is 0.471. The maximum atomic E-state index is 12.8. The van der Waals surface area contributed by atoms with Crippen LogP contribution in [0.5, 0.6) is 0 Å². The molecule has 116 valence electrons. The summed E-state index contributed by atoms with van der Waals surface area (Å²) >= 11 is 0. The van der Waals surface area contributed by atoms with E-state index in [0.29, 0.717) is 38.6 Å². The first-order valence-electron chi connectivity index (χ1n) is 7.63. The molecule has 6 heteroatoms. The molecular formula is C15H23N3O2S. The second-order valence-electron chi connectivity index (χ2n) is 5.94. The highest BCUT2D eigenvalue weighted by Crippen LogP contribution is 2.25. The molecule has 2 heterocycles. The van der Waals surface area contributed by atoms with E-state index in [1.807, 2.05) is 18.2 Å². The Morgan fingerprint density at radius 2 is 1.71 bits per heavy atom. The number of nitrogens with zero attached hydrogens (tertiary/aromatic N) is 2. The van der Waals surface area contributed by atoms with Gasteiger partial charge < -0.3 is 5.73 Å². The van der Waals surface area contributed by atoms with Gasteiger partial charge in [-0.05, 0) is 42.9 Å². The molecule has 5 nitrogen and oxygen atoms in total. The number of hydrogen-bond acceptors (Lipinski definition) is 3. The third-order valence-corrected chi connectivity index (χ3v) is 6.64. The molecule has 1 fully saturated rings. The van der Waals surface area contributed by atoms with E-state index in [1.165, 1.54) is 5.56 Å². The Morgan fingerprint density at radius 3 is 2.38 bits per heavy atom. The zero-order valence-electron chi connectivity index (χ0n) is 12.2. The zero-order valence-corrected chi connectivity index (χ0v) is 13.1. The first kappa shape index (κ1) is 15.0. The number of fused-ring (bicyclic) bond motifs is 1. The van der Waals surface area contributed by atoms with Gasteiger partial charge in [0.2, 0.25) is 0 Å². The van der Waals surface area contributed by atoms with Crippen molar-refractivity contribution in [2.24, 2.45) is 11.7 Å². The van der Waals surface area contributed by atoms with Gasteiger partial charge in [0.05, 0.1) is 0 Å². The van der Waals surface area contributed by atoms with Crippen molar-refractivity contribution in [3.8, 4) is 0 Å². The van der Waals surface area contributed by atoms with Crippen molar-refractivity contribution < 1.29 is 8.42 Å². The normalized spacial score (nSPS) is 22.1. The lowest BCUT2D eigenvalue weighted by atomic mass is 9.99. The minimum absolute atomic E-state index is 0.471. The van der Waals surface area contributed by atoms with Crippen LogP contribution in [0.2, 0.25) is 0 Å². The minimum atomic E-state index is -3.33. The molecular weight excluding hydrogens is 286 g/mol. The van der Waals surface area contributed by atoms with Gasteiger partial charge in [-0.3, -0.25) is 0 Å². The molecule has 0 aromatic heterocycles. The van der Waals surface area contributed by atoms with E-state index < -0.39 is 10.2 Å². The quantitative estimate of drug-likeness (QED) is 0.904. The van der Waals surface area contributed by atoms with Crippen LogP contribution in [0.1, 0.15) is 24.0 Å². The van der Waals surface area contributed by atoms with Gasteiger partial charge >= 0.3 is 0 Å². The Kier molecular flexibility index (Phi) is 4.31. The first-order valence-corrected chi connectivity index (χ1v) is 9.03. The molecule has 1 saturated heterocycles. The number of hydrogen-bond donors (Lipinski definition) is 1. The van der Waals surface area contributed by atoms with Gasteiger partial charge in [0.15, 0.2) is 0 Å². The van der Waals surface area contributed by atoms with E-state index in [1.54, 1.807) is 8.61 Å². The Hall–Kier alpha value is -0.950. The summed E-state index contributed by atoms with van der Waals surface area (Å²) in [6, 6.07) is 8.10.